The molecule has 1 aliphatic heterocycles. The lowest BCUT2D eigenvalue weighted by Crippen LogP contribution is -2.27. The standard InChI is InChI=1S/C10H16FN3OS/c1-6-3-7(15)4-14(6)5-8-9(11)13-10(12-2)16-8/h6-7,15H,3-5H2,1-2H3,(H,12,13). The topological polar surface area (TPSA) is 48.4 Å². The number of aromatic nitrogens is 1. The maximum absolute atomic E-state index is 13.4. The van der Waals surface area contributed by atoms with E-state index in [1.165, 1.54) is 11.3 Å². The SMILES string of the molecule is CNc1nc(F)c(CN2CC(O)CC2C)s1. The van der Waals surface area contributed by atoms with Gasteiger partial charge >= 0.3 is 0 Å². The van der Waals surface area contributed by atoms with Crippen LogP contribution in [0.4, 0.5) is 9.52 Å². The lowest BCUT2D eigenvalue weighted by atomic mass is 10.2. The van der Waals surface area contributed by atoms with E-state index in [1.54, 1.807) is 7.05 Å². The first-order valence-corrected chi connectivity index (χ1v) is 6.17. The number of β-amino-alcohol motifs (C(OH)–C–C–N with tert-alkyl or cyclic N) is 1. The highest BCUT2D eigenvalue weighted by molar-refractivity contribution is 7.15. The van der Waals surface area contributed by atoms with Gasteiger partial charge in [-0.25, -0.2) is 0 Å². The molecular weight excluding hydrogens is 229 g/mol. The van der Waals surface area contributed by atoms with Crippen molar-refractivity contribution in [2.45, 2.75) is 32.0 Å². The summed E-state index contributed by atoms with van der Waals surface area (Å²) in [5, 5.41) is 12.9. The molecule has 2 N–H and O–H groups in total. The van der Waals surface area contributed by atoms with E-state index in [-0.39, 0.29) is 6.10 Å². The molecule has 0 aliphatic carbocycles. The van der Waals surface area contributed by atoms with E-state index in [4.69, 9.17) is 0 Å². The summed E-state index contributed by atoms with van der Waals surface area (Å²) in [6, 6.07) is 0.300. The molecule has 0 spiro atoms. The van der Waals surface area contributed by atoms with Gasteiger partial charge in [0, 0.05) is 26.2 Å². The van der Waals surface area contributed by atoms with Crippen molar-refractivity contribution in [1.29, 1.82) is 0 Å². The summed E-state index contributed by atoms with van der Waals surface area (Å²) < 4.78 is 13.4. The minimum Gasteiger partial charge on any atom is -0.392 e. The fourth-order valence-electron chi connectivity index (χ4n) is 2.01. The first-order valence-electron chi connectivity index (χ1n) is 5.35. The zero-order valence-electron chi connectivity index (χ0n) is 9.40. The molecule has 0 radical (unpaired) electrons. The number of thiazole rings is 1. The van der Waals surface area contributed by atoms with Crippen molar-refractivity contribution in [3.8, 4) is 0 Å². The molecule has 1 saturated heterocycles. The molecule has 0 amide bonds. The van der Waals surface area contributed by atoms with Gasteiger partial charge in [-0.15, -0.1) is 0 Å². The van der Waals surface area contributed by atoms with Gasteiger partial charge in [0.25, 0.3) is 0 Å². The Kier molecular flexibility index (Phi) is 3.41. The number of likely N-dealkylation sites (tertiary alicyclic amines) is 1. The highest BCUT2D eigenvalue weighted by atomic mass is 32.1. The maximum Gasteiger partial charge on any atom is 0.230 e. The van der Waals surface area contributed by atoms with Gasteiger partial charge in [-0.05, 0) is 13.3 Å². The van der Waals surface area contributed by atoms with E-state index < -0.39 is 5.95 Å². The van der Waals surface area contributed by atoms with Crippen LogP contribution in [0.25, 0.3) is 0 Å². The van der Waals surface area contributed by atoms with Crippen molar-refractivity contribution in [3.05, 3.63) is 10.8 Å². The molecule has 2 atom stereocenters. The number of halogens is 1. The second-order valence-electron chi connectivity index (χ2n) is 4.15. The molecule has 2 heterocycles. The largest absolute Gasteiger partial charge is 0.392 e. The summed E-state index contributed by atoms with van der Waals surface area (Å²) in [5.41, 5.74) is 0. The average Bonchev–Trinajstić information content (AvgIpc) is 2.72. The smallest absolute Gasteiger partial charge is 0.230 e. The molecule has 2 rings (SSSR count). The molecule has 0 saturated carbocycles. The van der Waals surface area contributed by atoms with Crippen molar-refractivity contribution in [1.82, 2.24) is 9.88 Å². The van der Waals surface area contributed by atoms with Gasteiger partial charge in [0.2, 0.25) is 5.95 Å². The molecule has 1 fully saturated rings. The first-order chi connectivity index (χ1) is 7.60. The Hall–Kier alpha value is -0.720. The third-order valence-corrected chi connectivity index (χ3v) is 3.92. The Morgan fingerprint density at radius 2 is 2.44 bits per heavy atom. The number of aliphatic hydroxyl groups is 1. The summed E-state index contributed by atoms with van der Waals surface area (Å²) >= 11 is 1.33. The van der Waals surface area contributed by atoms with Crippen LogP contribution in [-0.2, 0) is 6.54 Å². The zero-order chi connectivity index (χ0) is 11.7. The molecule has 2 unspecified atom stereocenters. The van der Waals surface area contributed by atoms with Crippen LogP contribution in [0.2, 0.25) is 0 Å². The average molecular weight is 245 g/mol. The van der Waals surface area contributed by atoms with Crippen molar-refractivity contribution < 1.29 is 9.50 Å². The number of nitrogens with one attached hydrogen (secondary N) is 1. The van der Waals surface area contributed by atoms with Gasteiger partial charge < -0.3 is 10.4 Å². The Bertz CT molecular complexity index is 371. The van der Waals surface area contributed by atoms with E-state index in [2.05, 4.69) is 15.2 Å². The lowest BCUT2D eigenvalue weighted by molar-refractivity contribution is 0.173. The van der Waals surface area contributed by atoms with E-state index in [0.717, 1.165) is 6.42 Å². The number of rotatable bonds is 3. The van der Waals surface area contributed by atoms with E-state index in [9.17, 15) is 9.50 Å². The molecule has 0 aromatic carbocycles. The first kappa shape index (κ1) is 11.8. The lowest BCUT2D eigenvalue weighted by Gasteiger charge is -2.19. The Morgan fingerprint density at radius 1 is 1.69 bits per heavy atom. The van der Waals surface area contributed by atoms with Gasteiger partial charge in [0.05, 0.1) is 11.0 Å². The van der Waals surface area contributed by atoms with Crippen molar-refractivity contribution in [3.63, 3.8) is 0 Å². The maximum atomic E-state index is 13.4. The van der Waals surface area contributed by atoms with Crippen LogP contribution in [0.3, 0.4) is 0 Å². The van der Waals surface area contributed by atoms with E-state index >= 15 is 0 Å². The van der Waals surface area contributed by atoms with Crippen molar-refractivity contribution in [2.75, 3.05) is 18.9 Å². The Balaban J connectivity index is 2.05. The predicted molar refractivity (Wildman–Crippen MR) is 62.1 cm³/mol. The molecular formula is C10H16FN3OS. The number of aliphatic hydroxyl groups excluding tert-OH is 1. The van der Waals surface area contributed by atoms with Crippen LogP contribution < -0.4 is 5.32 Å². The molecule has 1 aromatic heterocycles. The minimum absolute atomic E-state index is 0.283. The molecule has 90 valence electrons. The summed E-state index contributed by atoms with van der Waals surface area (Å²) in [7, 11) is 1.73. The summed E-state index contributed by atoms with van der Waals surface area (Å²) in [6.45, 7) is 3.20. The number of nitrogens with zero attached hydrogens (tertiary/aromatic N) is 2. The van der Waals surface area contributed by atoms with Crippen molar-refractivity contribution >= 4 is 16.5 Å². The summed E-state index contributed by atoms with van der Waals surface area (Å²) in [5.74, 6) is -0.400. The quantitative estimate of drug-likeness (QED) is 0.842. The third kappa shape index (κ3) is 2.34. The normalized spacial score (nSPS) is 26.2. The minimum atomic E-state index is -0.400. The number of hydrogen-bond donors (Lipinski definition) is 2. The molecule has 1 aromatic rings. The zero-order valence-corrected chi connectivity index (χ0v) is 10.2. The van der Waals surface area contributed by atoms with Gasteiger partial charge in [-0.3, -0.25) is 4.90 Å². The van der Waals surface area contributed by atoms with Crippen LogP contribution in [-0.4, -0.2) is 40.7 Å². The second-order valence-corrected chi connectivity index (χ2v) is 5.23. The van der Waals surface area contributed by atoms with E-state index in [1.807, 2.05) is 6.92 Å². The molecule has 6 heteroatoms. The van der Waals surface area contributed by atoms with Gasteiger partial charge in [0.1, 0.15) is 0 Å². The molecule has 1 aliphatic rings. The van der Waals surface area contributed by atoms with Gasteiger partial charge in [-0.2, -0.15) is 9.37 Å². The number of anilines is 1. The van der Waals surface area contributed by atoms with Crippen molar-refractivity contribution in [2.24, 2.45) is 0 Å². The summed E-state index contributed by atoms with van der Waals surface area (Å²) in [6.07, 6.45) is 0.481. The summed E-state index contributed by atoms with van der Waals surface area (Å²) in [4.78, 5) is 6.48. The number of hydrogen-bond acceptors (Lipinski definition) is 5. The van der Waals surface area contributed by atoms with Crippen LogP contribution >= 0.6 is 11.3 Å². The molecule has 16 heavy (non-hydrogen) atoms. The van der Waals surface area contributed by atoms with Gasteiger partial charge in [-0.1, -0.05) is 11.3 Å². The Morgan fingerprint density at radius 3 is 2.94 bits per heavy atom. The van der Waals surface area contributed by atoms with Gasteiger partial charge in [0.15, 0.2) is 5.13 Å². The second kappa shape index (κ2) is 4.65. The highest BCUT2D eigenvalue weighted by Crippen LogP contribution is 2.26. The van der Waals surface area contributed by atoms with Crippen LogP contribution in [0.15, 0.2) is 0 Å². The fraction of sp³-hybridized carbons (Fsp3) is 0.700. The Labute approximate surface area is 98.1 Å². The van der Waals surface area contributed by atoms with Crippen LogP contribution in [0, 0.1) is 5.95 Å². The molecule has 4 nitrogen and oxygen atoms in total. The third-order valence-electron chi connectivity index (χ3n) is 2.89. The molecule has 0 bridgehead atoms. The van der Waals surface area contributed by atoms with Crippen LogP contribution in [0.1, 0.15) is 18.2 Å². The predicted octanol–water partition coefficient (Wildman–Crippen LogP) is 1.28. The van der Waals surface area contributed by atoms with E-state index in [0.29, 0.717) is 29.1 Å². The van der Waals surface area contributed by atoms with Crippen LogP contribution in [0.5, 0.6) is 0 Å². The fourth-order valence-corrected chi connectivity index (χ4v) is 2.83. The monoisotopic (exact) mass is 245 g/mol. The highest BCUT2D eigenvalue weighted by Gasteiger charge is 2.28.